The van der Waals surface area contributed by atoms with Crippen molar-refractivity contribution in [3.8, 4) is 0 Å². The second-order valence-electron chi connectivity index (χ2n) is 6.25. The van der Waals surface area contributed by atoms with E-state index in [-0.39, 0.29) is 11.6 Å². The summed E-state index contributed by atoms with van der Waals surface area (Å²) >= 11 is 12.7. The second-order valence-corrected chi connectivity index (χ2v) is 7.03. The summed E-state index contributed by atoms with van der Waals surface area (Å²) in [6, 6.07) is 5.87. The number of hydrogen-bond acceptors (Lipinski definition) is 3. The number of nitrogens with one attached hydrogen (secondary N) is 1. The fraction of sp³-hybridized carbons (Fsp3) is 0.625. The van der Waals surface area contributed by atoms with Crippen LogP contribution in [0.4, 0.5) is 0 Å². The molecule has 2 aliphatic rings. The zero-order valence-electron chi connectivity index (χ0n) is 12.2. The molecule has 0 amide bonds. The van der Waals surface area contributed by atoms with Crippen molar-refractivity contribution in [1.29, 1.82) is 0 Å². The maximum atomic E-state index is 6.47. The van der Waals surface area contributed by atoms with E-state index in [1.54, 1.807) is 0 Å². The van der Waals surface area contributed by atoms with Gasteiger partial charge < -0.3 is 0 Å². The summed E-state index contributed by atoms with van der Waals surface area (Å²) in [7, 11) is 0. The third kappa shape index (κ3) is 2.71. The van der Waals surface area contributed by atoms with Crippen molar-refractivity contribution in [2.75, 3.05) is 13.1 Å². The Morgan fingerprint density at radius 1 is 1.10 bits per heavy atom. The van der Waals surface area contributed by atoms with Gasteiger partial charge in [0.15, 0.2) is 0 Å². The number of likely N-dealkylation sites (tertiary alicyclic amines) is 1. The number of hydrogen-bond donors (Lipinski definition) is 2. The van der Waals surface area contributed by atoms with Gasteiger partial charge in [-0.2, -0.15) is 0 Å². The Labute approximate surface area is 136 Å². The standard InChI is InChI=1S/C16H23Cl2N3/c17-13-7-5-6-12(14(13)18)15(20-19)16(8-1-2-9-16)21-10-3-4-11-21/h5-7,15,20H,1-4,8-11,19H2. The van der Waals surface area contributed by atoms with E-state index < -0.39 is 0 Å². The van der Waals surface area contributed by atoms with Gasteiger partial charge in [-0.1, -0.05) is 48.2 Å². The average Bonchev–Trinajstić information content (AvgIpc) is 3.15. The van der Waals surface area contributed by atoms with Gasteiger partial charge >= 0.3 is 0 Å². The Morgan fingerprint density at radius 2 is 1.76 bits per heavy atom. The van der Waals surface area contributed by atoms with Crippen LogP contribution in [-0.2, 0) is 0 Å². The van der Waals surface area contributed by atoms with Crippen molar-refractivity contribution in [3.05, 3.63) is 33.8 Å². The molecule has 1 aromatic rings. The molecule has 1 heterocycles. The number of halogens is 2. The van der Waals surface area contributed by atoms with Crippen LogP contribution in [-0.4, -0.2) is 23.5 Å². The Bertz CT molecular complexity index is 494. The van der Waals surface area contributed by atoms with Crippen LogP contribution in [0.5, 0.6) is 0 Å². The van der Waals surface area contributed by atoms with E-state index in [1.807, 2.05) is 12.1 Å². The minimum absolute atomic E-state index is 0.0318. The van der Waals surface area contributed by atoms with Crippen LogP contribution in [0.2, 0.25) is 10.0 Å². The van der Waals surface area contributed by atoms with Gasteiger partial charge in [0, 0.05) is 5.54 Å². The number of rotatable bonds is 4. The smallest absolute Gasteiger partial charge is 0.0658 e. The molecule has 3 N–H and O–H groups in total. The van der Waals surface area contributed by atoms with Crippen LogP contribution in [0, 0.1) is 0 Å². The lowest BCUT2D eigenvalue weighted by atomic mass is 9.82. The highest BCUT2D eigenvalue weighted by molar-refractivity contribution is 6.42. The lowest BCUT2D eigenvalue weighted by molar-refractivity contribution is 0.0765. The molecule has 116 valence electrons. The van der Waals surface area contributed by atoms with Gasteiger partial charge in [-0.3, -0.25) is 16.2 Å². The Balaban J connectivity index is 2.01. The molecule has 1 saturated heterocycles. The number of hydrazine groups is 1. The summed E-state index contributed by atoms with van der Waals surface area (Å²) in [6.45, 7) is 2.33. The molecule has 2 fully saturated rings. The first-order chi connectivity index (χ1) is 10.2. The average molecular weight is 328 g/mol. The van der Waals surface area contributed by atoms with Crippen LogP contribution in [0.3, 0.4) is 0 Å². The first kappa shape index (κ1) is 15.6. The number of nitrogens with zero attached hydrogens (tertiary/aromatic N) is 1. The van der Waals surface area contributed by atoms with Crippen molar-refractivity contribution in [3.63, 3.8) is 0 Å². The maximum Gasteiger partial charge on any atom is 0.0658 e. The highest BCUT2D eigenvalue weighted by atomic mass is 35.5. The molecular weight excluding hydrogens is 305 g/mol. The molecule has 1 atom stereocenters. The summed E-state index contributed by atoms with van der Waals surface area (Å²) in [5, 5.41) is 1.23. The van der Waals surface area contributed by atoms with Gasteiger partial charge in [0.05, 0.1) is 16.1 Å². The summed E-state index contributed by atoms with van der Waals surface area (Å²) < 4.78 is 0. The lowest BCUT2D eigenvalue weighted by Crippen LogP contribution is -2.55. The largest absolute Gasteiger partial charge is 0.296 e. The van der Waals surface area contributed by atoms with Crippen molar-refractivity contribution >= 4 is 23.2 Å². The first-order valence-electron chi connectivity index (χ1n) is 7.84. The third-order valence-corrected chi connectivity index (χ3v) is 6.04. The van der Waals surface area contributed by atoms with E-state index in [0.717, 1.165) is 18.7 Å². The number of benzene rings is 1. The predicted octanol–water partition coefficient (Wildman–Crippen LogP) is 3.91. The molecule has 1 aliphatic carbocycles. The normalized spacial score (nSPS) is 23.6. The molecule has 21 heavy (non-hydrogen) atoms. The van der Waals surface area contributed by atoms with Crippen LogP contribution < -0.4 is 11.3 Å². The summed E-state index contributed by atoms with van der Waals surface area (Å²) in [5.74, 6) is 5.98. The zero-order chi connectivity index (χ0) is 14.9. The van der Waals surface area contributed by atoms with Crippen molar-refractivity contribution in [2.24, 2.45) is 5.84 Å². The van der Waals surface area contributed by atoms with Crippen LogP contribution in [0.25, 0.3) is 0 Å². The quantitative estimate of drug-likeness (QED) is 0.650. The third-order valence-electron chi connectivity index (χ3n) is 5.20. The molecule has 0 radical (unpaired) electrons. The highest BCUT2D eigenvalue weighted by Crippen LogP contribution is 2.47. The minimum atomic E-state index is 0.0318. The fourth-order valence-corrected chi connectivity index (χ4v) is 4.63. The molecule has 1 unspecified atom stereocenters. The molecule has 1 aliphatic heterocycles. The van der Waals surface area contributed by atoms with Gasteiger partial charge in [0.1, 0.15) is 0 Å². The van der Waals surface area contributed by atoms with Gasteiger partial charge in [-0.25, -0.2) is 0 Å². The van der Waals surface area contributed by atoms with Gasteiger partial charge in [-0.15, -0.1) is 0 Å². The van der Waals surface area contributed by atoms with Crippen molar-refractivity contribution < 1.29 is 0 Å². The monoisotopic (exact) mass is 327 g/mol. The SMILES string of the molecule is NNC(c1cccc(Cl)c1Cl)C1(N2CCCC2)CCCC1. The van der Waals surface area contributed by atoms with E-state index in [2.05, 4.69) is 16.4 Å². The van der Waals surface area contributed by atoms with E-state index >= 15 is 0 Å². The summed E-state index contributed by atoms with van der Waals surface area (Å²) in [4.78, 5) is 2.63. The zero-order valence-corrected chi connectivity index (χ0v) is 13.8. The second kappa shape index (κ2) is 6.43. The highest BCUT2D eigenvalue weighted by Gasteiger charge is 2.47. The maximum absolute atomic E-state index is 6.47. The molecule has 0 spiro atoms. The van der Waals surface area contributed by atoms with Crippen LogP contribution >= 0.6 is 23.2 Å². The summed E-state index contributed by atoms with van der Waals surface area (Å²) in [5.41, 5.74) is 4.17. The topological polar surface area (TPSA) is 41.3 Å². The molecule has 0 aromatic heterocycles. The van der Waals surface area contributed by atoms with Gasteiger partial charge in [0.25, 0.3) is 0 Å². The molecule has 3 nitrogen and oxygen atoms in total. The van der Waals surface area contributed by atoms with Gasteiger partial charge in [-0.05, 0) is 50.4 Å². The molecular formula is C16H23Cl2N3. The van der Waals surface area contributed by atoms with E-state index in [9.17, 15) is 0 Å². The van der Waals surface area contributed by atoms with E-state index in [4.69, 9.17) is 29.0 Å². The Morgan fingerprint density at radius 3 is 2.38 bits per heavy atom. The molecule has 0 bridgehead atoms. The van der Waals surface area contributed by atoms with Crippen LogP contribution in [0.15, 0.2) is 18.2 Å². The first-order valence-corrected chi connectivity index (χ1v) is 8.60. The molecule has 3 rings (SSSR count). The van der Waals surface area contributed by atoms with Gasteiger partial charge in [0.2, 0.25) is 0 Å². The lowest BCUT2D eigenvalue weighted by Gasteiger charge is -2.45. The number of nitrogens with two attached hydrogens (primary N) is 1. The Hall–Kier alpha value is -0.320. The van der Waals surface area contributed by atoms with Crippen LogP contribution in [0.1, 0.15) is 50.1 Å². The van der Waals surface area contributed by atoms with Crippen molar-refractivity contribution in [2.45, 2.75) is 50.1 Å². The molecule has 5 heteroatoms. The Kier molecular flexibility index (Phi) is 4.77. The predicted molar refractivity (Wildman–Crippen MR) is 88.5 cm³/mol. The van der Waals surface area contributed by atoms with E-state index in [0.29, 0.717) is 10.0 Å². The fourth-order valence-electron chi connectivity index (χ4n) is 4.21. The molecule has 1 saturated carbocycles. The van der Waals surface area contributed by atoms with Crippen molar-refractivity contribution in [1.82, 2.24) is 10.3 Å². The summed E-state index contributed by atoms with van der Waals surface area (Å²) in [6.07, 6.45) is 7.42. The minimum Gasteiger partial charge on any atom is -0.296 e. The molecule has 1 aromatic carbocycles. The van der Waals surface area contributed by atoms with E-state index in [1.165, 1.54) is 38.5 Å².